The molecule has 0 spiro atoms. The van der Waals surface area contributed by atoms with Gasteiger partial charge in [-0.2, -0.15) is 0 Å². The van der Waals surface area contributed by atoms with Crippen molar-refractivity contribution in [3.63, 3.8) is 0 Å². The molecule has 1 aliphatic heterocycles. The fraction of sp³-hybridized carbons (Fsp3) is 0.240. The van der Waals surface area contributed by atoms with Crippen molar-refractivity contribution in [2.24, 2.45) is 0 Å². The van der Waals surface area contributed by atoms with E-state index in [9.17, 15) is 18.4 Å². The Hall–Kier alpha value is -4.01. The number of nitrogens with one attached hydrogen (secondary N) is 2. The predicted octanol–water partition coefficient (Wildman–Crippen LogP) is 4.66. The van der Waals surface area contributed by atoms with Gasteiger partial charge in [0.25, 0.3) is 5.91 Å². The molecule has 3 aromatic rings. The summed E-state index contributed by atoms with van der Waals surface area (Å²) in [5.74, 6) is -1.31. The van der Waals surface area contributed by atoms with Crippen molar-refractivity contribution in [3.05, 3.63) is 83.6 Å². The lowest BCUT2D eigenvalue weighted by molar-refractivity contribution is 0.0762. The van der Waals surface area contributed by atoms with Crippen molar-refractivity contribution in [1.82, 2.24) is 9.88 Å². The van der Waals surface area contributed by atoms with Crippen LogP contribution >= 0.6 is 0 Å². The van der Waals surface area contributed by atoms with Crippen LogP contribution in [-0.2, 0) is 0 Å². The number of benzene rings is 2. The zero-order valence-electron chi connectivity index (χ0n) is 18.7. The number of rotatable bonds is 4. The van der Waals surface area contributed by atoms with Crippen LogP contribution in [0.15, 0.2) is 60.8 Å². The Morgan fingerprint density at radius 2 is 1.74 bits per heavy atom. The predicted molar refractivity (Wildman–Crippen MR) is 127 cm³/mol. The molecule has 2 aromatic carbocycles. The maximum atomic E-state index is 14.0. The average Bonchev–Trinajstić information content (AvgIpc) is 3.05. The third-order valence-electron chi connectivity index (χ3n) is 5.55. The molecule has 9 heteroatoms. The summed E-state index contributed by atoms with van der Waals surface area (Å²) >= 11 is 0. The minimum atomic E-state index is -0.859. The van der Waals surface area contributed by atoms with Crippen LogP contribution in [0.2, 0.25) is 0 Å². The number of hydrogen-bond acceptors (Lipinski definition) is 4. The second-order valence-corrected chi connectivity index (χ2v) is 8.11. The molecule has 1 fully saturated rings. The van der Waals surface area contributed by atoms with Crippen molar-refractivity contribution < 1.29 is 18.4 Å². The molecular formula is C25H25F2N5O2. The Kier molecular flexibility index (Phi) is 7.01. The molecule has 0 bridgehead atoms. The van der Waals surface area contributed by atoms with E-state index >= 15 is 0 Å². The van der Waals surface area contributed by atoms with E-state index in [-0.39, 0.29) is 11.6 Å². The standard InChI is InChI=1S/C25H25F2N5O2/c1-17-4-2-5-19(14-17)29-25(34)30-20-7-9-23(28-16-20)31-10-3-11-32(13-12-31)24(33)21-8-6-18(26)15-22(21)27/h2,4-9,14-16H,3,10-13H2,1H3,(H2,29,30,34). The molecule has 4 rings (SSSR count). The summed E-state index contributed by atoms with van der Waals surface area (Å²) < 4.78 is 27.2. The highest BCUT2D eigenvalue weighted by atomic mass is 19.1. The van der Waals surface area contributed by atoms with Crippen molar-refractivity contribution in [3.8, 4) is 0 Å². The zero-order chi connectivity index (χ0) is 24.1. The van der Waals surface area contributed by atoms with E-state index in [2.05, 4.69) is 15.6 Å². The van der Waals surface area contributed by atoms with E-state index in [1.165, 1.54) is 6.07 Å². The Bertz CT molecular complexity index is 1190. The van der Waals surface area contributed by atoms with Gasteiger partial charge in [0.2, 0.25) is 0 Å². The molecule has 2 heterocycles. The highest BCUT2D eigenvalue weighted by molar-refractivity contribution is 5.99. The van der Waals surface area contributed by atoms with Crippen molar-refractivity contribution in [1.29, 1.82) is 0 Å². The molecule has 0 unspecified atom stereocenters. The Labute approximate surface area is 196 Å². The van der Waals surface area contributed by atoms with Gasteiger partial charge in [-0.25, -0.2) is 18.6 Å². The second kappa shape index (κ2) is 10.3. The molecule has 1 saturated heterocycles. The Balaban J connectivity index is 1.34. The van der Waals surface area contributed by atoms with Crippen LogP contribution in [-0.4, -0.2) is 48.0 Å². The molecular weight excluding hydrogens is 440 g/mol. The minimum Gasteiger partial charge on any atom is -0.355 e. The average molecular weight is 466 g/mol. The number of carbonyl (C=O) groups is 2. The fourth-order valence-corrected chi connectivity index (χ4v) is 3.85. The molecule has 0 saturated carbocycles. The van der Waals surface area contributed by atoms with Gasteiger partial charge in [-0.15, -0.1) is 0 Å². The Morgan fingerprint density at radius 1 is 0.912 bits per heavy atom. The van der Waals surface area contributed by atoms with Crippen LogP contribution in [0.5, 0.6) is 0 Å². The van der Waals surface area contributed by atoms with Crippen LogP contribution in [0.25, 0.3) is 0 Å². The third-order valence-corrected chi connectivity index (χ3v) is 5.55. The summed E-state index contributed by atoms with van der Waals surface area (Å²) in [6.07, 6.45) is 2.25. The lowest BCUT2D eigenvalue weighted by Gasteiger charge is -2.23. The van der Waals surface area contributed by atoms with Gasteiger partial charge in [0.05, 0.1) is 17.4 Å². The number of amides is 3. The van der Waals surface area contributed by atoms with Crippen LogP contribution in [0.1, 0.15) is 22.3 Å². The van der Waals surface area contributed by atoms with Crippen LogP contribution < -0.4 is 15.5 Å². The summed E-state index contributed by atoms with van der Waals surface area (Å²) in [5, 5.41) is 5.54. The summed E-state index contributed by atoms with van der Waals surface area (Å²) in [6.45, 7) is 3.98. The summed E-state index contributed by atoms with van der Waals surface area (Å²) in [4.78, 5) is 33.0. The number of halogens is 2. The molecule has 0 atom stereocenters. The van der Waals surface area contributed by atoms with E-state index in [0.717, 1.165) is 17.7 Å². The third kappa shape index (κ3) is 5.67. The number of carbonyl (C=O) groups excluding carboxylic acids is 2. The van der Waals surface area contributed by atoms with Crippen molar-refractivity contribution in [2.75, 3.05) is 41.7 Å². The van der Waals surface area contributed by atoms with Gasteiger partial charge in [-0.3, -0.25) is 4.79 Å². The van der Waals surface area contributed by atoms with Gasteiger partial charge >= 0.3 is 6.03 Å². The van der Waals surface area contributed by atoms with Gasteiger partial charge in [0, 0.05) is 37.9 Å². The van der Waals surface area contributed by atoms with E-state index in [4.69, 9.17) is 0 Å². The molecule has 2 N–H and O–H groups in total. The van der Waals surface area contributed by atoms with Crippen molar-refractivity contribution >= 4 is 29.1 Å². The molecule has 34 heavy (non-hydrogen) atoms. The molecule has 176 valence electrons. The maximum absolute atomic E-state index is 14.0. The molecule has 0 aliphatic carbocycles. The first-order valence-electron chi connectivity index (χ1n) is 11.0. The van der Waals surface area contributed by atoms with Crippen molar-refractivity contribution in [2.45, 2.75) is 13.3 Å². The summed E-state index contributed by atoms with van der Waals surface area (Å²) in [5.41, 5.74) is 2.16. The van der Waals surface area contributed by atoms with E-state index in [1.807, 2.05) is 36.1 Å². The summed E-state index contributed by atoms with van der Waals surface area (Å²) in [6, 6.07) is 13.7. The normalized spacial score (nSPS) is 13.9. The largest absolute Gasteiger partial charge is 0.355 e. The van der Waals surface area contributed by atoms with Crippen LogP contribution in [0.3, 0.4) is 0 Å². The fourth-order valence-electron chi connectivity index (χ4n) is 3.85. The molecule has 3 amide bonds. The number of nitrogens with zero attached hydrogens (tertiary/aromatic N) is 3. The first-order valence-corrected chi connectivity index (χ1v) is 11.0. The molecule has 0 radical (unpaired) electrons. The van der Waals surface area contributed by atoms with E-state index < -0.39 is 17.5 Å². The lowest BCUT2D eigenvalue weighted by atomic mass is 10.1. The second-order valence-electron chi connectivity index (χ2n) is 8.11. The molecule has 7 nitrogen and oxygen atoms in total. The SMILES string of the molecule is Cc1cccc(NC(=O)Nc2ccc(N3CCCN(C(=O)c4ccc(F)cc4F)CC3)nc2)c1. The topological polar surface area (TPSA) is 77.6 Å². The lowest BCUT2D eigenvalue weighted by Crippen LogP contribution is -2.35. The zero-order valence-corrected chi connectivity index (χ0v) is 18.7. The van der Waals surface area contributed by atoms with Crippen LogP contribution in [0, 0.1) is 18.6 Å². The number of aryl methyl sites for hydroxylation is 1. The van der Waals surface area contributed by atoms with Crippen LogP contribution in [0.4, 0.5) is 30.8 Å². The van der Waals surface area contributed by atoms with Gasteiger partial charge in [-0.05, 0) is 55.3 Å². The smallest absolute Gasteiger partial charge is 0.323 e. The minimum absolute atomic E-state index is 0.132. The maximum Gasteiger partial charge on any atom is 0.323 e. The highest BCUT2D eigenvalue weighted by Gasteiger charge is 2.23. The van der Waals surface area contributed by atoms with Gasteiger partial charge in [0.15, 0.2) is 0 Å². The molecule has 1 aromatic heterocycles. The Morgan fingerprint density at radius 3 is 2.47 bits per heavy atom. The first-order chi connectivity index (χ1) is 16.4. The number of aromatic nitrogens is 1. The van der Waals surface area contributed by atoms with E-state index in [1.54, 1.807) is 23.2 Å². The highest BCUT2D eigenvalue weighted by Crippen LogP contribution is 2.19. The number of pyridine rings is 1. The van der Waals surface area contributed by atoms with E-state index in [0.29, 0.717) is 49.8 Å². The number of urea groups is 1. The quantitative estimate of drug-likeness (QED) is 0.587. The molecule has 1 aliphatic rings. The monoisotopic (exact) mass is 465 g/mol. The number of anilines is 3. The number of hydrogen-bond donors (Lipinski definition) is 2. The first kappa shape index (κ1) is 23.2. The van der Waals surface area contributed by atoms with Gasteiger partial charge in [-0.1, -0.05) is 12.1 Å². The van der Waals surface area contributed by atoms with Gasteiger partial charge < -0.3 is 20.4 Å². The summed E-state index contributed by atoms with van der Waals surface area (Å²) in [7, 11) is 0. The van der Waals surface area contributed by atoms with Gasteiger partial charge in [0.1, 0.15) is 17.5 Å².